The molecule has 0 bridgehead atoms. The van der Waals surface area contributed by atoms with E-state index in [0.29, 0.717) is 27.1 Å². The number of hydrogen-bond acceptors (Lipinski definition) is 5. The molecular formula is C33H25Cl3N2O3S. The highest BCUT2D eigenvalue weighted by atomic mass is 35.7. The van der Waals surface area contributed by atoms with Crippen LogP contribution in [-0.2, 0) is 9.05 Å². The number of fused-ring (bicyclic) bond motifs is 2. The van der Waals surface area contributed by atoms with Crippen LogP contribution in [0.15, 0.2) is 114 Å². The van der Waals surface area contributed by atoms with Crippen molar-refractivity contribution in [2.24, 2.45) is 0 Å². The molecule has 0 unspecified atom stereocenters. The fourth-order valence-electron chi connectivity index (χ4n) is 5.40. The molecule has 0 aliphatic carbocycles. The summed E-state index contributed by atoms with van der Waals surface area (Å²) in [6, 6.07) is 33.8. The SMILES string of the molecule is CN(c1ccc2c(c1)Oc1cc(N(C)c3ccccc3Cl)ccc1C2c1ccccc1S(=O)(=O)Cl)c1ccccc1Cl. The second kappa shape index (κ2) is 11.2. The lowest BCUT2D eigenvalue weighted by molar-refractivity contribution is 0.452. The van der Waals surface area contributed by atoms with Crippen LogP contribution in [0.25, 0.3) is 0 Å². The predicted molar refractivity (Wildman–Crippen MR) is 172 cm³/mol. The van der Waals surface area contributed by atoms with E-state index in [1.54, 1.807) is 12.1 Å². The van der Waals surface area contributed by atoms with Crippen molar-refractivity contribution < 1.29 is 13.2 Å². The Morgan fingerprint density at radius 3 is 1.55 bits per heavy atom. The van der Waals surface area contributed by atoms with E-state index in [9.17, 15) is 8.42 Å². The molecule has 0 N–H and O–H groups in total. The van der Waals surface area contributed by atoms with E-state index in [4.69, 9.17) is 38.6 Å². The molecule has 0 radical (unpaired) electrons. The van der Waals surface area contributed by atoms with Crippen molar-refractivity contribution in [1.29, 1.82) is 0 Å². The first-order valence-corrected chi connectivity index (χ1v) is 16.2. The number of benzene rings is 5. The maximum absolute atomic E-state index is 12.7. The van der Waals surface area contributed by atoms with Crippen LogP contribution in [-0.4, -0.2) is 22.5 Å². The zero-order valence-electron chi connectivity index (χ0n) is 22.6. The number of anilines is 4. The fraction of sp³-hybridized carbons (Fsp3) is 0.0909. The van der Waals surface area contributed by atoms with Gasteiger partial charge in [-0.2, -0.15) is 0 Å². The maximum Gasteiger partial charge on any atom is 0.261 e. The Morgan fingerprint density at radius 2 is 1.07 bits per heavy atom. The first kappa shape index (κ1) is 28.4. The molecule has 0 spiro atoms. The normalized spacial score (nSPS) is 12.7. The predicted octanol–water partition coefficient (Wildman–Crippen LogP) is 9.74. The van der Waals surface area contributed by atoms with Gasteiger partial charge >= 0.3 is 0 Å². The highest BCUT2D eigenvalue weighted by Crippen LogP contribution is 2.51. The largest absolute Gasteiger partial charge is 0.457 e. The van der Waals surface area contributed by atoms with Crippen LogP contribution < -0.4 is 14.5 Å². The second-order valence-electron chi connectivity index (χ2n) is 9.98. The monoisotopic (exact) mass is 634 g/mol. The lowest BCUT2D eigenvalue weighted by Gasteiger charge is -2.32. The molecule has 9 heteroatoms. The summed E-state index contributed by atoms with van der Waals surface area (Å²) in [7, 11) is 5.78. The van der Waals surface area contributed by atoms with Gasteiger partial charge in [-0.05, 0) is 48.0 Å². The molecule has 1 aliphatic heterocycles. The van der Waals surface area contributed by atoms with Gasteiger partial charge in [-0.3, -0.25) is 0 Å². The maximum atomic E-state index is 12.7. The zero-order chi connectivity index (χ0) is 29.6. The number of halogens is 3. The van der Waals surface area contributed by atoms with Gasteiger partial charge in [0.25, 0.3) is 9.05 Å². The van der Waals surface area contributed by atoms with Crippen molar-refractivity contribution in [3.63, 3.8) is 0 Å². The Morgan fingerprint density at radius 1 is 0.619 bits per heavy atom. The third kappa shape index (κ3) is 5.20. The van der Waals surface area contributed by atoms with Crippen molar-refractivity contribution in [3.8, 4) is 11.5 Å². The van der Waals surface area contributed by atoms with E-state index in [1.165, 1.54) is 6.07 Å². The lowest BCUT2D eigenvalue weighted by atomic mass is 9.82. The van der Waals surface area contributed by atoms with Gasteiger partial charge in [-0.25, -0.2) is 8.42 Å². The molecule has 0 saturated carbocycles. The van der Waals surface area contributed by atoms with Gasteiger partial charge in [0.2, 0.25) is 0 Å². The minimum absolute atomic E-state index is 0.0602. The quantitative estimate of drug-likeness (QED) is 0.171. The Labute approximate surface area is 259 Å². The van der Waals surface area contributed by atoms with Crippen LogP contribution >= 0.6 is 33.9 Å². The van der Waals surface area contributed by atoms with Crippen LogP contribution in [0.5, 0.6) is 11.5 Å². The van der Waals surface area contributed by atoms with E-state index in [0.717, 1.165) is 33.9 Å². The van der Waals surface area contributed by atoms with E-state index in [1.807, 2.05) is 115 Å². The number of rotatable bonds is 6. The summed E-state index contributed by atoms with van der Waals surface area (Å²) in [5.74, 6) is 0.749. The summed E-state index contributed by atoms with van der Waals surface area (Å²) in [5, 5.41) is 1.24. The highest BCUT2D eigenvalue weighted by molar-refractivity contribution is 8.13. The molecule has 0 amide bonds. The molecular weight excluding hydrogens is 611 g/mol. The van der Waals surface area contributed by atoms with Gasteiger partial charge < -0.3 is 14.5 Å². The van der Waals surface area contributed by atoms with Crippen LogP contribution in [0.1, 0.15) is 22.6 Å². The summed E-state index contributed by atoms with van der Waals surface area (Å²) >= 11 is 13.0. The average molecular weight is 636 g/mol. The Kier molecular flexibility index (Phi) is 7.58. The summed E-state index contributed by atoms with van der Waals surface area (Å²) < 4.78 is 31.9. The van der Waals surface area contributed by atoms with Crippen molar-refractivity contribution in [2.45, 2.75) is 10.8 Å². The van der Waals surface area contributed by atoms with Crippen molar-refractivity contribution >= 4 is 65.7 Å². The number of ether oxygens (including phenoxy) is 1. The lowest BCUT2D eigenvalue weighted by Crippen LogP contribution is -2.17. The minimum Gasteiger partial charge on any atom is -0.457 e. The van der Waals surface area contributed by atoms with Crippen LogP contribution in [0, 0.1) is 0 Å². The fourth-order valence-corrected chi connectivity index (χ4v) is 7.06. The Balaban J connectivity index is 1.52. The standard InChI is InChI=1S/C33H25Cl3N2O3S/c1-37(28-12-6-4-10-26(28)34)21-15-17-23-30(19-21)41-31-20-22(38(2)29-13-7-5-11-27(29)35)16-18-24(31)33(23)25-9-3-8-14-32(25)42(36,39)40/h3-20,33H,1-2H3. The molecule has 0 saturated heterocycles. The number of hydrogen-bond donors (Lipinski definition) is 0. The number of para-hydroxylation sites is 2. The van der Waals surface area contributed by atoms with E-state index in [-0.39, 0.29) is 4.90 Å². The summed E-state index contributed by atoms with van der Waals surface area (Å²) in [6.07, 6.45) is 0. The smallest absolute Gasteiger partial charge is 0.261 e. The average Bonchev–Trinajstić information content (AvgIpc) is 2.98. The van der Waals surface area contributed by atoms with Crippen LogP contribution in [0.3, 0.4) is 0 Å². The van der Waals surface area contributed by atoms with E-state index < -0.39 is 15.0 Å². The van der Waals surface area contributed by atoms with Crippen molar-refractivity contribution in [1.82, 2.24) is 0 Å². The number of nitrogens with zero attached hydrogens (tertiary/aromatic N) is 2. The van der Waals surface area contributed by atoms with E-state index in [2.05, 4.69) is 0 Å². The third-order valence-corrected chi connectivity index (χ3v) is 9.57. The first-order valence-electron chi connectivity index (χ1n) is 13.1. The third-order valence-electron chi connectivity index (χ3n) is 7.53. The first-order chi connectivity index (χ1) is 20.1. The molecule has 0 atom stereocenters. The molecule has 212 valence electrons. The summed E-state index contributed by atoms with van der Waals surface area (Å²) in [4.78, 5) is 4.02. The van der Waals surface area contributed by atoms with Gasteiger partial charge in [0.05, 0.1) is 26.3 Å². The van der Waals surface area contributed by atoms with Crippen LogP contribution in [0.4, 0.5) is 22.7 Å². The minimum atomic E-state index is -4.03. The molecule has 1 heterocycles. The van der Waals surface area contributed by atoms with E-state index >= 15 is 0 Å². The molecule has 42 heavy (non-hydrogen) atoms. The van der Waals surface area contributed by atoms with Gasteiger partial charge in [-0.15, -0.1) is 0 Å². The van der Waals surface area contributed by atoms with Gasteiger partial charge in [0.15, 0.2) is 0 Å². The van der Waals surface area contributed by atoms with Gasteiger partial charge in [-0.1, -0.05) is 77.8 Å². The summed E-state index contributed by atoms with van der Waals surface area (Å²) in [5.41, 5.74) is 5.59. The second-order valence-corrected chi connectivity index (χ2v) is 13.3. The molecule has 6 rings (SSSR count). The topological polar surface area (TPSA) is 49.9 Å². The Bertz CT molecular complexity index is 1830. The van der Waals surface area contributed by atoms with Crippen molar-refractivity contribution in [3.05, 3.63) is 136 Å². The molecule has 1 aliphatic rings. The molecule has 5 aromatic rings. The zero-order valence-corrected chi connectivity index (χ0v) is 25.7. The van der Waals surface area contributed by atoms with Crippen LogP contribution in [0.2, 0.25) is 10.0 Å². The van der Waals surface area contributed by atoms with Gasteiger partial charge in [0.1, 0.15) is 11.5 Å². The van der Waals surface area contributed by atoms with Crippen molar-refractivity contribution in [2.75, 3.05) is 23.9 Å². The molecule has 5 nitrogen and oxygen atoms in total. The molecule has 0 aromatic heterocycles. The van der Waals surface area contributed by atoms with Gasteiger partial charge in [0, 0.05) is 65.3 Å². The highest BCUT2D eigenvalue weighted by Gasteiger charge is 2.33. The molecule has 0 fully saturated rings. The Hall–Kier alpha value is -3.68. The molecule has 5 aromatic carbocycles. The summed E-state index contributed by atoms with van der Waals surface area (Å²) in [6.45, 7) is 0.